The van der Waals surface area contributed by atoms with E-state index in [1.54, 1.807) is 17.0 Å². The number of halogens is 1. The van der Waals surface area contributed by atoms with Crippen molar-refractivity contribution in [2.45, 2.75) is 38.1 Å². The van der Waals surface area contributed by atoms with Crippen molar-refractivity contribution >= 4 is 17.5 Å². The minimum absolute atomic E-state index is 0.0399. The van der Waals surface area contributed by atoms with Crippen molar-refractivity contribution < 1.29 is 14.0 Å². The Morgan fingerprint density at radius 1 is 0.879 bits per heavy atom. The highest BCUT2D eigenvalue weighted by atomic mass is 19.1. The van der Waals surface area contributed by atoms with Gasteiger partial charge in [-0.15, -0.1) is 0 Å². The number of carbonyl (C=O) groups excluding carboxylic acids is 2. The number of piperidine rings is 1. The quantitative estimate of drug-likeness (QED) is 0.576. The maximum absolute atomic E-state index is 14.5. The molecule has 1 fully saturated rings. The second kappa shape index (κ2) is 9.18. The maximum Gasteiger partial charge on any atom is 0.257 e. The number of hydrogen-bond donors (Lipinski definition) is 1. The van der Waals surface area contributed by atoms with E-state index in [0.717, 1.165) is 30.5 Å². The molecular formula is C28H27FN2O2. The predicted octanol–water partition coefficient (Wildman–Crippen LogP) is 5.55. The molecule has 1 aliphatic carbocycles. The van der Waals surface area contributed by atoms with E-state index in [2.05, 4.69) is 17.4 Å². The molecule has 0 bridgehead atoms. The molecule has 1 N–H and O–H groups in total. The second-order valence-corrected chi connectivity index (χ2v) is 8.91. The highest BCUT2D eigenvalue weighted by molar-refractivity contribution is 5.97. The van der Waals surface area contributed by atoms with Crippen LogP contribution in [-0.2, 0) is 17.6 Å². The lowest BCUT2D eigenvalue weighted by Gasteiger charge is -2.41. The first-order valence-corrected chi connectivity index (χ1v) is 11.6. The summed E-state index contributed by atoms with van der Waals surface area (Å²) in [5.74, 6) is -1.45. The molecule has 1 unspecified atom stereocenters. The number of amides is 2. The number of rotatable bonds is 4. The molecule has 33 heavy (non-hydrogen) atoms. The normalized spacial score (nSPS) is 19.7. The number of carbonyl (C=O) groups is 2. The van der Waals surface area contributed by atoms with Gasteiger partial charge in [0.15, 0.2) is 0 Å². The lowest BCUT2D eigenvalue weighted by atomic mass is 9.83. The zero-order valence-corrected chi connectivity index (χ0v) is 18.5. The molecule has 2 aliphatic rings. The number of nitrogens with zero attached hydrogens (tertiary/aromatic N) is 1. The van der Waals surface area contributed by atoms with Crippen molar-refractivity contribution in [1.82, 2.24) is 4.90 Å². The third-order valence-corrected chi connectivity index (χ3v) is 6.84. The average molecular weight is 443 g/mol. The Morgan fingerprint density at radius 2 is 1.64 bits per heavy atom. The minimum atomic E-state index is -0.543. The minimum Gasteiger partial charge on any atom is -0.331 e. The van der Waals surface area contributed by atoms with E-state index in [0.29, 0.717) is 19.4 Å². The molecule has 1 saturated heterocycles. The monoisotopic (exact) mass is 442 g/mol. The Bertz CT molecular complexity index is 1180. The summed E-state index contributed by atoms with van der Waals surface area (Å²) in [4.78, 5) is 28.6. The van der Waals surface area contributed by atoms with Gasteiger partial charge in [-0.1, -0.05) is 48.5 Å². The number of nitrogens with one attached hydrogen (secondary N) is 1. The van der Waals surface area contributed by atoms with Crippen molar-refractivity contribution in [1.29, 1.82) is 0 Å². The van der Waals surface area contributed by atoms with Gasteiger partial charge in [0, 0.05) is 12.2 Å². The van der Waals surface area contributed by atoms with Gasteiger partial charge < -0.3 is 10.2 Å². The van der Waals surface area contributed by atoms with E-state index in [9.17, 15) is 14.0 Å². The Morgan fingerprint density at radius 3 is 2.45 bits per heavy atom. The summed E-state index contributed by atoms with van der Waals surface area (Å²) in [5, 5.41) is 3.10. The van der Waals surface area contributed by atoms with Crippen LogP contribution in [0.5, 0.6) is 0 Å². The van der Waals surface area contributed by atoms with Gasteiger partial charge in [-0.2, -0.15) is 0 Å². The number of anilines is 1. The number of likely N-dealkylation sites (tertiary alicyclic amines) is 1. The molecular weight excluding hydrogens is 415 g/mol. The fourth-order valence-electron chi connectivity index (χ4n) is 5.23. The van der Waals surface area contributed by atoms with Crippen LogP contribution in [-0.4, -0.2) is 23.3 Å². The van der Waals surface area contributed by atoms with Gasteiger partial charge in [0.05, 0.1) is 17.5 Å². The van der Waals surface area contributed by atoms with Crippen molar-refractivity contribution in [3.05, 3.63) is 101 Å². The van der Waals surface area contributed by atoms with E-state index in [-0.39, 0.29) is 17.4 Å². The first-order valence-electron chi connectivity index (χ1n) is 11.6. The summed E-state index contributed by atoms with van der Waals surface area (Å²) in [6.07, 6.45) is 4.64. The van der Waals surface area contributed by atoms with Gasteiger partial charge in [-0.3, -0.25) is 9.59 Å². The van der Waals surface area contributed by atoms with Gasteiger partial charge in [-0.05, 0) is 73.1 Å². The summed E-state index contributed by atoms with van der Waals surface area (Å²) < 4.78 is 14.5. The molecule has 0 radical (unpaired) electrons. The molecule has 2 amide bonds. The maximum atomic E-state index is 14.5. The fourth-order valence-corrected chi connectivity index (χ4v) is 5.23. The van der Waals surface area contributed by atoms with E-state index >= 15 is 0 Å². The smallest absolute Gasteiger partial charge is 0.257 e. The van der Waals surface area contributed by atoms with Crippen molar-refractivity contribution in [3.63, 3.8) is 0 Å². The third kappa shape index (κ3) is 4.28. The zero-order valence-electron chi connectivity index (χ0n) is 18.5. The number of hydrogen-bond acceptors (Lipinski definition) is 2. The van der Waals surface area contributed by atoms with Crippen LogP contribution < -0.4 is 5.32 Å². The summed E-state index contributed by atoms with van der Waals surface area (Å²) in [7, 11) is 0. The molecule has 1 heterocycles. The van der Waals surface area contributed by atoms with Crippen LogP contribution in [0.4, 0.5) is 10.1 Å². The molecule has 5 rings (SSSR count). The molecule has 3 aromatic carbocycles. The van der Waals surface area contributed by atoms with Crippen LogP contribution in [0, 0.1) is 11.7 Å². The van der Waals surface area contributed by atoms with Gasteiger partial charge in [0.25, 0.3) is 5.91 Å². The molecule has 0 spiro atoms. The van der Waals surface area contributed by atoms with Gasteiger partial charge >= 0.3 is 0 Å². The van der Waals surface area contributed by atoms with Crippen molar-refractivity contribution in [2.24, 2.45) is 5.92 Å². The second-order valence-electron chi connectivity index (χ2n) is 8.91. The van der Waals surface area contributed by atoms with E-state index < -0.39 is 17.8 Å². The molecule has 2 atom stereocenters. The highest BCUT2D eigenvalue weighted by Crippen LogP contribution is 2.38. The number of fused-ring (bicyclic) bond motifs is 1. The lowest BCUT2D eigenvalue weighted by molar-refractivity contribution is -0.123. The van der Waals surface area contributed by atoms with Gasteiger partial charge in [-0.25, -0.2) is 4.39 Å². The first kappa shape index (κ1) is 21.4. The Balaban J connectivity index is 1.46. The predicted molar refractivity (Wildman–Crippen MR) is 126 cm³/mol. The Hall–Kier alpha value is -3.47. The molecule has 1 aliphatic heterocycles. The lowest BCUT2D eigenvalue weighted by Crippen LogP contribution is -2.46. The molecule has 4 nitrogen and oxygen atoms in total. The third-order valence-electron chi connectivity index (χ3n) is 6.84. The summed E-state index contributed by atoms with van der Waals surface area (Å²) in [6, 6.07) is 21.3. The Kier molecular flexibility index (Phi) is 5.95. The van der Waals surface area contributed by atoms with Crippen LogP contribution in [0.25, 0.3) is 0 Å². The van der Waals surface area contributed by atoms with Crippen molar-refractivity contribution in [3.8, 4) is 0 Å². The van der Waals surface area contributed by atoms with Gasteiger partial charge in [0.1, 0.15) is 5.82 Å². The van der Waals surface area contributed by atoms with E-state index in [1.165, 1.54) is 23.3 Å². The van der Waals surface area contributed by atoms with E-state index in [1.807, 2.05) is 36.4 Å². The van der Waals surface area contributed by atoms with Crippen LogP contribution in [0.15, 0.2) is 72.8 Å². The molecule has 0 aromatic heterocycles. The molecule has 3 aromatic rings. The first-order chi connectivity index (χ1) is 16.1. The van der Waals surface area contributed by atoms with Gasteiger partial charge in [0.2, 0.25) is 5.91 Å². The van der Waals surface area contributed by atoms with Crippen LogP contribution in [0.2, 0.25) is 0 Å². The molecule has 0 saturated carbocycles. The Labute approximate surface area is 193 Å². The number of aryl methyl sites for hydroxylation is 2. The molecule has 5 heteroatoms. The van der Waals surface area contributed by atoms with Crippen LogP contribution >= 0.6 is 0 Å². The topological polar surface area (TPSA) is 49.4 Å². The fraction of sp³-hybridized carbons (Fsp3) is 0.286. The van der Waals surface area contributed by atoms with Crippen molar-refractivity contribution in [2.75, 3.05) is 11.9 Å². The molecule has 168 valence electrons. The zero-order chi connectivity index (χ0) is 22.8. The SMILES string of the molecule is O=C(Nc1ccc2c(c1)CCC2)C1CCCN(C(=O)c2ccccc2F)[C@H]1c1ccccc1. The summed E-state index contributed by atoms with van der Waals surface area (Å²) >= 11 is 0. The largest absolute Gasteiger partial charge is 0.331 e. The number of benzene rings is 3. The van der Waals surface area contributed by atoms with Crippen LogP contribution in [0.3, 0.4) is 0 Å². The summed E-state index contributed by atoms with van der Waals surface area (Å²) in [6.45, 7) is 0.482. The average Bonchev–Trinajstić information content (AvgIpc) is 3.32. The van der Waals surface area contributed by atoms with Crippen LogP contribution in [0.1, 0.15) is 52.4 Å². The van der Waals surface area contributed by atoms with E-state index in [4.69, 9.17) is 0 Å². The summed E-state index contributed by atoms with van der Waals surface area (Å²) in [5.41, 5.74) is 4.38. The standard InChI is InChI=1S/C28H27FN2O2/c29-25-14-5-4-12-23(25)28(33)31-17-7-13-24(26(31)20-8-2-1-3-9-20)27(32)30-22-16-15-19-10-6-11-21(19)18-22/h1-5,8-9,12,14-16,18,24,26H,6-7,10-11,13,17H2,(H,30,32)/t24?,26-/m0/s1. The highest BCUT2D eigenvalue weighted by Gasteiger charge is 2.40.